The van der Waals surface area contributed by atoms with Gasteiger partial charge in [-0.2, -0.15) is 0 Å². The van der Waals surface area contributed by atoms with Gasteiger partial charge in [0, 0.05) is 31.6 Å². The molecule has 1 aliphatic rings. The first-order valence-electron chi connectivity index (χ1n) is 9.98. The second kappa shape index (κ2) is 9.25. The third kappa shape index (κ3) is 4.68. The summed E-state index contributed by atoms with van der Waals surface area (Å²) in [6, 6.07) is 14.7. The predicted molar refractivity (Wildman–Crippen MR) is 109 cm³/mol. The Kier molecular flexibility index (Phi) is 6.07. The molecule has 0 aliphatic carbocycles. The minimum atomic E-state index is -0.513. The number of hydrogen-bond acceptors (Lipinski definition) is 6. The molecule has 154 valence electrons. The van der Waals surface area contributed by atoms with Crippen LogP contribution in [0, 0.1) is 5.92 Å². The lowest BCUT2D eigenvalue weighted by atomic mass is 9.95. The van der Waals surface area contributed by atoms with Crippen LogP contribution in [0.5, 0.6) is 0 Å². The first kappa shape index (κ1) is 19.7. The van der Waals surface area contributed by atoms with Gasteiger partial charge in [-0.25, -0.2) is 9.67 Å². The van der Waals surface area contributed by atoms with E-state index in [1.807, 2.05) is 36.4 Å². The number of rotatable bonds is 6. The van der Waals surface area contributed by atoms with Crippen LogP contribution in [0.4, 0.5) is 5.82 Å². The number of amides is 2. The minimum absolute atomic E-state index is 0.0327. The van der Waals surface area contributed by atoms with Crippen LogP contribution in [0.1, 0.15) is 24.4 Å². The number of benzene rings is 1. The molecule has 1 saturated heterocycles. The van der Waals surface area contributed by atoms with E-state index in [0.29, 0.717) is 38.2 Å². The summed E-state index contributed by atoms with van der Waals surface area (Å²) in [6.45, 7) is 1.04. The van der Waals surface area contributed by atoms with Crippen LogP contribution in [0.2, 0.25) is 0 Å². The number of likely N-dealkylation sites (tertiary alicyclic amines) is 1. The maximum absolute atomic E-state index is 13.3. The number of anilines is 1. The van der Waals surface area contributed by atoms with Gasteiger partial charge in [-0.05, 0) is 41.0 Å². The van der Waals surface area contributed by atoms with E-state index >= 15 is 0 Å². The zero-order valence-electron chi connectivity index (χ0n) is 16.5. The number of carbonyl (C=O) groups is 2. The first-order chi connectivity index (χ1) is 14.7. The summed E-state index contributed by atoms with van der Waals surface area (Å²) in [5, 5.41) is 14.2. The van der Waals surface area contributed by atoms with Crippen LogP contribution in [-0.4, -0.2) is 55.0 Å². The lowest BCUT2D eigenvalue weighted by molar-refractivity contribution is -0.138. The molecule has 9 nitrogen and oxygen atoms in total. The van der Waals surface area contributed by atoms with E-state index in [0.717, 1.165) is 5.56 Å². The average Bonchev–Trinajstić information content (AvgIpc) is 3.33. The smallest absolute Gasteiger partial charge is 0.247 e. The SMILES string of the molecule is O=C(Nc1ccccn1)C1CCN(C(=O)C(Cc2ccccc2)n2cnnn2)CC1. The molecule has 1 aliphatic heterocycles. The minimum Gasteiger partial charge on any atom is -0.341 e. The molecular weight excluding hydrogens is 382 g/mol. The summed E-state index contributed by atoms with van der Waals surface area (Å²) in [4.78, 5) is 31.7. The molecule has 30 heavy (non-hydrogen) atoms. The fraction of sp³-hybridized carbons (Fsp3) is 0.333. The molecule has 0 spiro atoms. The normalized spacial score (nSPS) is 15.5. The summed E-state index contributed by atoms with van der Waals surface area (Å²) >= 11 is 0. The summed E-state index contributed by atoms with van der Waals surface area (Å²) in [7, 11) is 0. The molecule has 0 saturated carbocycles. The molecule has 1 aromatic carbocycles. The quantitative estimate of drug-likeness (QED) is 0.669. The molecule has 1 fully saturated rings. The van der Waals surface area contributed by atoms with Gasteiger partial charge in [0.15, 0.2) is 0 Å². The van der Waals surface area contributed by atoms with Gasteiger partial charge >= 0.3 is 0 Å². The van der Waals surface area contributed by atoms with E-state index in [4.69, 9.17) is 0 Å². The van der Waals surface area contributed by atoms with Crippen molar-refractivity contribution in [2.24, 2.45) is 5.92 Å². The number of carbonyl (C=O) groups excluding carboxylic acids is 2. The number of nitrogens with zero attached hydrogens (tertiary/aromatic N) is 6. The zero-order valence-corrected chi connectivity index (χ0v) is 16.5. The Bertz CT molecular complexity index is 956. The van der Waals surface area contributed by atoms with Gasteiger partial charge in [-0.1, -0.05) is 36.4 Å². The van der Waals surface area contributed by atoms with E-state index in [-0.39, 0.29) is 17.7 Å². The second-order valence-electron chi connectivity index (χ2n) is 7.30. The number of aromatic nitrogens is 5. The zero-order chi connectivity index (χ0) is 20.8. The number of hydrogen-bond donors (Lipinski definition) is 1. The lowest BCUT2D eigenvalue weighted by Gasteiger charge is -2.33. The molecule has 3 heterocycles. The van der Waals surface area contributed by atoms with E-state index in [1.165, 1.54) is 11.0 Å². The van der Waals surface area contributed by atoms with Gasteiger partial charge in [0.2, 0.25) is 11.8 Å². The summed E-state index contributed by atoms with van der Waals surface area (Å²) in [6.07, 6.45) is 4.84. The van der Waals surface area contributed by atoms with Crippen molar-refractivity contribution in [1.82, 2.24) is 30.1 Å². The van der Waals surface area contributed by atoms with Crippen molar-refractivity contribution in [3.63, 3.8) is 0 Å². The van der Waals surface area contributed by atoms with Crippen molar-refractivity contribution in [3.05, 3.63) is 66.6 Å². The highest BCUT2D eigenvalue weighted by Crippen LogP contribution is 2.23. The highest BCUT2D eigenvalue weighted by Gasteiger charge is 2.32. The van der Waals surface area contributed by atoms with Gasteiger partial charge in [0.05, 0.1) is 0 Å². The van der Waals surface area contributed by atoms with Crippen LogP contribution in [0.15, 0.2) is 61.1 Å². The van der Waals surface area contributed by atoms with Crippen molar-refractivity contribution >= 4 is 17.6 Å². The molecule has 9 heteroatoms. The van der Waals surface area contributed by atoms with Crippen molar-refractivity contribution in [2.45, 2.75) is 25.3 Å². The molecule has 1 atom stereocenters. The van der Waals surface area contributed by atoms with E-state index < -0.39 is 6.04 Å². The predicted octanol–water partition coefficient (Wildman–Crippen LogP) is 1.73. The fourth-order valence-electron chi connectivity index (χ4n) is 3.68. The molecule has 2 amide bonds. The molecule has 1 unspecified atom stereocenters. The largest absolute Gasteiger partial charge is 0.341 e. The Labute approximate surface area is 174 Å². The van der Waals surface area contributed by atoms with Crippen molar-refractivity contribution in [1.29, 1.82) is 0 Å². The van der Waals surface area contributed by atoms with E-state index in [2.05, 4.69) is 25.8 Å². The van der Waals surface area contributed by atoms with Crippen molar-refractivity contribution in [2.75, 3.05) is 18.4 Å². The number of tetrazole rings is 1. The molecule has 3 aromatic rings. The molecular formula is C21H23N7O2. The van der Waals surface area contributed by atoms with Gasteiger partial charge in [-0.15, -0.1) is 5.10 Å². The van der Waals surface area contributed by atoms with Crippen molar-refractivity contribution in [3.8, 4) is 0 Å². The Balaban J connectivity index is 1.38. The molecule has 4 rings (SSSR count). The average molecular weight is 405 g/mol. The van der Waals surface area contributed by atoms with E-state index in [9.17, 15) is 9.59 Å². The first-order valence-corrected chi connectivity index (χ1v) is 9.98. The Hall–Kier alpha value is -3.62. The molecule has 2 aromatic heterocycles. The Morgan fingerprint density at radius 3 is 2.50 bits per heavy atom. The maximum atomic E-state index is 13.3. The third-order valence-corrected chi connectivity index (χ3v) is 5.33. The van der Waals surface area contributed by atoms with Gasteiger partial charge in [0.25, 0.3) is 0 Å². The highest BCUT2D eigenvalue weighted by atomic mass is 16.2. The van der Waals surface area contributed by atoms with Gasteiger partial charge < -0.3 is 10.2 Å². The summed E-state index contributed by atoms with van der Waals surface area (Å²) in [5.74, 6) is 0.316. The topological polar surface area (TPSA) is 106 Å². The highest BCUT2D eigenvalue weighted by molar-refractivity contribution is 5.92. The van der Waals surface area contributed by atoms with Gasteiger partial charge in [-0.3, -0.25) is 9.59 Å². The third-order valence-electron chi connectivity index (χ3n) is 5.33. The molecule has 1 N–H and O–H groups in total. The molecule has 0 bridgehead atoms. The molecule has 0 radical (unpaired) electrons. The maximum Gasteiger partial charge on any atom is 0.247 e. The number of piperidine rings is 1. The monoisotopic (exact) mass is 405 g/mol. The van der Waals surface area contributed by atoms with Crippen LogP contribution in [0.3, 0.4) is 0 Å². The van der Waals surface area contributed by atoms with Crippen LogP contribution < -0.4 is 5.32 Å². The van der Waals surface area contributed by atoms with Gasteiger partial charge in [0.1, 0.15) is 18.2 Å². The van der Waals surface area contributed by atoms with E-state index in [1.54, 1.807) is 23.2 Å². The number of pyridine rings is 1. The lowest BCUT2D eigenvalue weighted by Crippen LogP contribution is -2.45. The van der Waals surface area contributed by atoms with Crippen LogP contribution >= 0.6 is 0 Å². The summed E-state index contributed by atoms with van der Waals surface area (Å²) in [5.41, 5.74) is 1.04. The Morgan fingerprint density at radius 1 is 1.07 bits per heavy atom. The summed E-state index contributed by atoms with van der Waals surface area (Å²) < 4.78 is 1.51. The van der Waals surface area contributed by atoms with Crippen LogP contribution in [0.25, 0.3) is 0 Å². The second-order valence-corrected chi connectivity index (χ2v) is 7.30. The number of nitrogens with one attached hydrogen (secondary N) is 1. The van der Waals surface area contributed by atoms with Crippen LogP contribution in [-0.2, 0) is 16.0 Å². The standard InChI is InChI=1S/C21H23N7O2/c29-20(24-19-8-4-5-11-22-19)17-9-12-27(13-10-17)21(30)18(28-15-23-25-26-28)14-16-6-2-1-3-7-16/h1-8,11,15,17-18H,9-10,12-14H2,(H,22,24,29). The van der Waals surface area contributed by atoms with Crippen molar-refractivity contribution < 1.29 is 9.59 Å². The Morgan fingerprint density at radius 2 is 1.83 bits per heavy atom. The fourth-order valence-corrected chi connectivity index (χ4v) is 3.68.